The zero-order chi connectivity index (χ0) is 16.9. The van der Waals surface area contributed by atoms with Crippen LogP contribution in [0, 0.1) is 0 Å². The van der Waals surface area contributed by atoms with Crippen LogP contribution < -0.4 is 5.32 Å². The van der Waals surface area contributed by atoms with Gasteiger partial charge in [-0.1, -0.05) is 36.4 Å². The van der Waals surface area contributed by atoms with Crippen LogP contribution in [0.3, 0.4) is 0 Å². The van der Waals surface area contributed by atoms with Crippen molar-refractivity contribution in [3.05, 3.63) is 42.5 Å². The summed E-state index contributed by atoms with van der Waals surface area (Å²) in [5.74, 6) is 0. The smallest absolute Gasteiger partial charge is 0.396 e. The van der Waals surface area contributed by atoms with Crippen LogP contribution in [0.2, 0.25) is 0 Å². The standard InChI is InChI=1S/C16H17F3N2O2/c17-16(18,19)11-21(9-4-10-22)15(23)20-14-8-3-6-12-5-1-2-7-13(12)14/h1-3,5-8,22H,4,9-11H2,(H,20,23). The van der Waals surface area contributed by atoms with Crippen LogP contribution in [0.4, 0.5) is 23.7 Å². The maximum absolute atomic E-state index is 12.6. The van der Waals surface area contributed by atoms with Gasteiger partial charge >= 0.3 is 12.2 Å². The number of fused-ring (bicyclic) bond motifs is 1. The fourth-order valence-electron chi connectivity index (χ4n) is 2.26. The summed E-state index contributed by atoms with van der Waals surface area (Å²) < 4.78 is 37.8. The molecule has 0 saturated carbocycles. The van der Waals surface area contributed by atoms with Crippen molar-refractivity contribution in [2.75, 3.05) is 25.0 Å². The summed E-state index contributed by atoms with van der Waals surface area (Å²) in [6, 6.07) is 11.6. The van der Waals surface area contributed by atoms with Gasteiger partial charge in [-0.05, 0) is 17.9 Å². The van der Waals surface area contributed by atoms with E-state index in [0.29, 0.717) is 10.6 Å². The second kappa shape index (κ2) is 7.32. The lowest BCUT2D eigenvalue weighted by molar-refractivity contribution is -0.139. The molecule has 0 aliphatic rings. The highest BCUT2D eigenvalue weighted by molar-refractivity contribution is 6.01. The number of carbonyl (C=O) groups excluding carboxylic acids is 1. The van der Waals surface area contributed by atoms with Crippen molar-refractivity contribution in [1.82, 2.24) is 4.90 Å². The Bertz CT molecular complexity index is 668. The van der Waals surface area contributed by atoms with Gasteiger partial charge in [0.2, 0.25) is 0 Å². The van der Waals surface area contributed by atoms with E-state index in [4.69, 9.17) is 5.11 Å². The third kappa shape index (κ3) is 4.85. The van der Waals surface area contributed by atoms with E-state index in [1.807, 2.05) is 18.2 Å². The second-order valence-electron chi connectivity index (χ2n) is 5.07. The fourth-order valence-corrected chi connectivity index (χ4v) is 2.26. The molecule has 2 N–H and O–H groups in total. The Morgan fingerprint density at radius 2 is 1.83 bits per heavy atom. The summed E-state index contributed by atoms with van der Waals surface area (Å²) >= 11 is 0. The Morgan fingerprint density at radius 3 is 2.52 bits per heavy atom. The van der Waals surface area contributed by atoms with Crippen LogP contribution in [0.25, 0.3) is 10.8 Å². The van der Waals surface area contributed by atoms with Crippen molar-refractivity contribution in [1.29, 1.82) is 0 Å². The molecule has 0 aliphatic carbocycles. The molecule has 0 atom stereocenters. The second-order valence-corrected chi connectivity index (χ2v) is 5.07. The summed E-state index contributed by atoms with van der Waals surface area (Å²) in [6.07, 6.45) is -4.41. The number of urea groups is 1. The largest absolute Gasteiger partial charge is 0.406 e. The minimum Gasteiger partial charge on any atom is -0.396 e. The maximum Gasteiger partial charge on any atom is 0.406 e. The van der Waals surface area contributed by atoms with Gasteiger partial charge in [-0.15, -0.1) is 0 Å². The molecular formula is C16H17F3N2O2. The topological polar surface area (TPSA) is 52.6 Å². The Kier molecular flexibility index (Phi) is 5.44. The molecule has 0 unspecified atom stereocenters. The molecule has 23 heavy (non-hydrogen) atoms. The minimum absolute atomic E-state index is 0.0824. The summed E-state index contributed by atoms with van der Waals surface area (Å²) in [7, 11) is 0. The molecule has 7 heteroatoms. The normalized spacial score (nSPS) is 11.5. The van der Waals surface area contributed by atoms with Gasteiger partial charge in [-0.3, -0.25) is 0 Å². The van der Waals surface area contributed by atoms with Crippen LogP contribution in [-0.2, 0) is 0 Å². The maximum atomic E-state index is 12.6. The number of nitrogens with zero attached hydrogens (tertiary/aromatic N) is 1. The lowest BCUT2D eigenvalue weighted by atomic mass is 10.1. The quantitative estimate of drug-likeness (QED) is 0.882. The van der Waals surface area contributed by atoms with Crippen LogP contribution in [-0.4, -0.2) is 41.9 Å². The lowest BCUT2D eigenvalue weighted by Crippen LogP contribution is -2.42. The summed E-state index contributed by atoms with van der Waals surface area (Å²) in [6.45, 7) is -1.81. The summed E-state index contributed by atoms with van der Waals surface area (Å²) in [5.41, 5.74) is 0.448. The SMILES string of the molecule is O=C(Nc1cccc2ccccc12)N(CCCO)CC(F)(F)F. The summed E-state index contributed by atoms with van der Waals surface area (Å²) in [4.78, 5) is 12.8. The van der Waals surface area contributed by atoms with Gasteiger partial charge in [0.25, 0.3) is 0 Å². The Hall–Kier alpha value is -2.28. The number of aliphatic hydroxyl groups excluding tert-OH is 1. The van der Waals surface area contributed by atoms with E-state index in [9.17, 15) is 18.0 Å². The highest BCUT2D eigenvalue weighted by atomic mass is 19.4. The molecule has 0 saturated heterocycles. The molecule has 0 radical (unpaired) electrons. The molecule has 4 nitrogen and oxygen atoms in total. The first-order valence-corrected chi connectivity index (χ1v) is 7.12. The number of amides is 2. The number of carbonyl (C=O) groups is 1. The number of aliphatic hydroxyl groups is 1. The van der Waals surface area contributed by atoms with Gasteiger partial charge in [-0.25, -0.2) is 4.79 Å². The Labute approximate surface area is 131 Å². The highest BCUT2D eigenvalue weighted by Gasteiger charge is 2.32. The number of nitrogens with one attached hydrogen (secondary N) is 1. The number of rotatable bonds is 5. The molecule has 0 spiro atoms. The van der Waals surface area contributed by atoms with Gasteiger partial charge in [0.15, 0.2) is 0 Å². The van der Waals surface area contributed by atoms with Crippen molar-refractivity contribution >= 4 is 22.5 Å². The average Bonchev–Trinajstić information content (AvgIpc) is 2.50. The van der Waals surface area contributed by atoms with E-state index in [-0.39, 0.29) is 19.6 Å². The van der Waals surface area contributed by atoms with Crippen molar-refractivity contribution in [3.63, 3.8) is 0 Å². The molecule has 2 amide bonds. The molecule has 0 aliphatic heterocycles. The van der Waals surface area contributed by atoms with Crippen LogP contribution in [0.1, 0.15) is 6.42 Å². The van der Waals surface area contributed by atoms with Gasteiger partial charge in [0, 0.05) is 18.5 Å². The first-order valence-electron chi connectivity index (χ1n) is 7.12. The average molecular weight is 326 g/mol. The number of alkyl halides is 3. The van der Waals surface area contributed by atoms with Crippen molar-refractivity contribution in [2.24, 2.45) is 0 Å². The van der Waals surface area contributed by atoms with Crippen molar-refractivity contribution < 1.29 is 23.1 Å². The van der Waals surface area contributed by atoms with E-state index in [1.165, 1.54) is 0 Å². The van der Waals surface area contributed by atoms with Crippen LogP contribution >= 0.6 is 0 Å². The number of halogens is 3. The molecule has 0 heterocycles. The zero-order valence-corrected chi connectivity index (χ0v) is 12.3. The van der Waals surface area contributed by atoms with Gasteiger partial charge in [0.05, 0.1) is 5.69 Å². The number of hydrogen-bond donors (Lipinski definition) is 2. The van der Waals surface area contributed by atoms with Gasteiger partial charge in [0.1, 0.15) is 6.54 Å². The van der Waals surface area contributed by atoms with E-state index in [0.717, 1.165) is 10.8 Å². The molecule has 0 bridgehead atoms. The minimum atomic E-state index is -4.49. The molecule has 124 valence electrons. The molecule has 0 aromatic heterocycles. The first-order chi connectivity index (χ1) is 10.9. The first kappa shape index (κ1) is 17.1. The van der Waals surface area contributed by atoms with E-state index in [1.54, 1.807) is 24.3 Å². The van der Waals surface area contributed by atoms with E-state index >= 15 is 0 Å². The fraction of sp³-hybridized carbons (Fsp3) is 0.312. The third-order valence-corrected chi connectivity index (χ3v) is 3.27. The molecule has 2 aromatic carbocycles. The van der Waals surface area contributed by atoms with Crippen LogP contribution in [0.15, 0.2) is 42.5 Å². The third-order valence-electron chi connectivity index (χ3n) is 3.27. The predicted molar refractivity (Wildman–Crippen MR) is 82.3 cm³/mol. The van der Waals surface area contributed by atoms with Crippen molar-refractivity contribution in [2.45, 2.75) is 12.6 Å². The Balaban J connectivity index is 2.19. The number of anilines is 1. The zero-order valence-electron chi connectivity index (χ0n) is 12.3. The number of hydrogen-bond acceptors (Lipinski definition) is 2. The summed E-state index contributed by atoms with van der Waals surface area (Å²) in [5, 5.41) is 12.9. The van der Waals surface area contributed by atoms with E-state index in [2.05, 4.69) is 5.32 Å². The molecule has 2 aromatic rings. The lowest BCUT2D eigenvalue weighted by Gasteiger charge is -2.24. The van der Waals surface area contributed by atoms with Crippen LogP contribution in [0.5, 0.6) is 0 Å². The molecular weight excluding hydrogens is 309 g/mol. The highest BCUT2D eigenvalue weighted by Crippen LogP contribution is 2.24. The van der Waals surface area contributed by atoms with Crippen molar-refractivity contribution in [3.8, 4) is 0 Å². The van der Waals surface area contributed by atoms with Gasteiger partial charge < -0.3 is 15.3 Å². The Morgan fingerprint density at radius 1 is 1.13 bits per heavy atom. The molecule has 2 rings (SSSR count). The molecule has 0 fully saturated rings. The predicted octanol–water partition coefficient (Wildman–Crippen LogP) is 3.62. The number of benzene rings is 2. The van der Waals surface area contributed by atoms with E-state index < -0.39 is 18.8 Å². The van der Waals surface area contributed by atoms with Gasteiger partial charge in [-0.2, -0.15) is 13.2 Å². The monoisotopic (exact) mass is 326 g/mol.